The van der Waals surface area contributed by atoms with Gasteiger partial charge in [-0.3, -0.25) is 0 Å². The van der Waals surface area contributed by atoms with Crippen LogP contribution in [0.1, 0.15) is 11.1 Å². The van der Waals surface area contributed by atoms with E-state index >= 15 is 0 Å². The van der Waals surface area contributed by atoms with Crippen LogP contribution in [-0.4, -0.2) is 56.9 Å². The number of nitrogens with one attached hydrogen (secondary N) is 1. The zero-order chi connectivity index (χ0) is 18.5. The first-order valence-corrected chi connectivity index (χ1v) is 9.73. The summed E-state index contributed by atoms with van der Waals surface area (Å²) in [5.41, 5.74) is 2.22. The SMILES string of the molecule is O=C(NCc1ccc(Cn2cncn2)cc1)N1CCN(c2nccs2)CC1. The van der Waals surface area contributed by atoms with E-state index in [0.29, 0.717) is 26.2 Å². The van der Waals surface area contributed by atoms with Crippen LogP contribution in [0.2, 0.25) is 0 Å². The summed E-state index contributed by atoms with van der Waals surface area (Å²) >= 11 is 1.64. The van der Waals surface area contributed by atoms with Gasteiger partial charge in [0, 0.05) is 44.3 Å². The predicted octanol–water partition coefficient (Wildman–Crippen LogP) is 1.81. The quantitative estimate of drug-likeness (QED) is 0.727. The van der Waals surface area contributed by atoms with Gasteiger partial charge in [-0.25, -0.2) is 19.4 Å². The van der Waals surface area contributed by atoms with Crippen molar-refractivity contribution in [2.75, 3.05) is 31.1 Å². The van der Waals surface area contributed by atoms with Gasteiger partial charge in [-0.15, -0.1) is 11.3 Å². The Morgan fingerprint density at radius 3 is 2.56 bits per heavy atom. The third-order valence-corrected chi connectivity index (χ3v) is 5.37. The lowest BCUT2D eigenvalue weighted by atomic mass is 10.1. The van der Waals surface area contributed by atoms with E-state index < -0.39 is 0 Å². The molecule has 0 saturated carbocycles. The predicted molar refractivity (Wildman–Crippen MR) is 104 cm³/mol. The number of urea groups is 1. The number of piperazine rings is 1. The van der Waals surface area contributed by atoms with Crippen molar-refractivity contribution in [3.63, 3.8) is 0 Å². The Bertz CT molecular complexity index is 840. The van der Waals surface area contributed by atoms with Gasteiger partial charge < -0.3 is 15.1 Å². The highest BCUT2D eigenvalue weighted by Gasteiger charge is 2.22. The van der Waals surface area contributed by atoms with E-state index in [1.54, 1.807) is 22.3 Å². The fraction of sp³-hybridized carbons (Fsp3) is 0.333. The first-order chi connectivity index (χ1) is 13.3. The molecule has 2 amide bonds. The van der Waals surface area contributed by atoms with Gasteiger partial charge >= 0.3 is 6.03 Å². The molecule has 0 bridgehead atoms. The van der Waals surface area contributed by atoms with Crippen molar-refractivity contribution in [2.45, 2.75) is 13.1 Å². The number of rotatable bonds is 5. The maximum atomic E-state index is 12.4. The first kappa shape index (κ1) is 17.5. The first-order valence-electron chi connectivity index (χ1n) is 8.85. The highest BCUT2D eigenvalue weighted by molar-refractivity contribution is 7.13. The lowest BCUT2D eigenvalue weighted by Crippen LogP contribution is -2.51. The average molecular weight is 383 g/mol. The molecule has 0 radical (unpaired) electrons. The lowest BCUT2D eigenvalue weighted by Gasteiger charge is -2.34. The van der Waals surface area contributed by atoms with E-state index in [4.69, 9.17) is 0 Å². The fourth-order valence-corrected chi connectivity index (χ4v) is 3.72. The summed E-state index contributed by atoms with van der Waals surface area (Å²) in [5, 5.41) is 10.1. The number of carbonyl (C=O) groups excluding carboxylic acids is 1. The minimum atomic E-state index is -0.0134. The Labute approximate surface area is 161 Å². The number of amides is 2. The molecule has 0 unspecified atom stereocenters. The minimum Gasteiger partial charge on any atom is -0.345 e. The van der Waals surface area contributed by atoms with Gasteiger partial charge in [-0.2, -0.15) is 5.10 Å². The van der Waals surface area contributed by atoms with Gasteiger partial charge in [-0.1, -0.05) is 24.3 Å². The number of benzene rings is 1. The normalized spacial score (nSPS) is 14.4. The van der Waals surface area contributed by atoms with Gasteiger partial charge in [0.05, 0.1) is 6.54 Å². The number of hydrogen-bond acceptors (Lipinski definition) is 6. The van der Waals surface area contributed by atoms with Crippen molar-refractivity contribution in [3.8, 4) is 0 Å². The molecule has 9 heteroatoms. The maximum absolute atomic E-state index is 12.4. The van der Waals surface area contributed by atoms with Gasteiger partial charge in [0.25, 0.3) is 0 Å². The molecule has 27 heavy (non-hydrogen) atoms. The number of hydrogen-bond donors (Lipinski definition) is 1. The van der Waals surface area contributed by atoms with Crippen LogP contribution >= 0.6 is 11.3 Å². The van der Waals surface area contributed by atoms with Gasteiger partial charge in [-0.05, 0) is 11.1 Å². The fourth-order valence-electron chi connectivity index (χ4n) is 3.03. The van der Waals surface area contributed by atoms with Crippen molar-refractivity contribution in [1.29, 1.82) is 0 Å². The summed E-state index contributed by atoms with van der Waals surface area (Å²) in [6.07, 6.45) is 5.04. The molecule has 2 aromatic heterocycles. The number of aromatic nitrogens is 4. The number of thiazole rings is 1. The van der Waals surface area contributed by atoms with Crippen molar-refractivity contribution in [1.82, 2.24) is 30.0 Å². The standard InChI is InChI=1S/C18H21N7OS/c26-17(23-6-8-24(9-7-23)18-20-5-10-27-18)21-11-15-1-3-16(4-2-15)12-25-14-19-13-22-25/h1-5,10,13-14H,6-9,11-12H2,(H,21,26). The third-order valence-electron chi connectivity index (χ3n) is 4.53. The smallest absolute Gasteiger partial charge is 0.317 e. The van der Waals surface area contributed by atoms with Crippen LogP contribution in [0.4, 0.5) is 9.93 Å². The van der Waals surface area contributed by atoms with E-state index in [1.165, 1.54) is 6.33 Å². The third kappa shape index (κ3) is 4.43. The number of anilines is 1. The van der Waals surface area contributed by atoms with E-state index in [9.17, 15) is 4.79 Å². The summed E-state index contributed by atoms with van der Waals surface area (Å²) in [6, 6.07) is 8.16. The largest absolute Gasteiger partial charge is 0.345 e. The van der Waals surface area contributed by atoms with Gasteiger partial charge in [0.2, 0.25) is 0 Å². The molecule has 0 spiro atoms. The Balaban J connectivity index is 1.23. The molecule has 140 valence electrons. The van der Waals surface area contributed by atoms with Crippen molar-refractivity contribution >= 4 is 22.5 Å². The molecule has 4 rings (SSSR count). The summed E-state index contributed by atoms with van der Waals surface area (Å²) < 4.78 is 1.78. The Kier molecular flexibility index (Phi) is 5.29. The molecule has 1 aliphatic heterocycles. The summed E-state index contributed by atoms with van der Waals surface area (Å²) in [5.74, 6) is 0. The molecule has 3 aromatic rings. The number of nitrogens with zero attached hydrogens (tertiary/aromatic N) is 6. The summed E-state index contributed by atoms with van der Waals surface area (Å²) in [4.78, 5) is 24.8. The van der Waals surface area contributed by atoms with Crippen molar-refractivity contribution in [3.05, 3.63) is 59.6 Å². The molecule has 1 N–H and O–H groups in total. The highest BCUT2D eigenvalue weighted by Crippen LogP contribution is 2.18. The van der Waals surface area contributed by atoms with Crippen LogP contribution in [-0.2, 0) is 13.1 Å². The molecule has 0 aliphatic carbocycles. The molecule has 3 heterocycles. The minimum absolute atomic E-state index is 0.0134. The summed E-state index contributed by atoms with van der Waals surface area (Å²) in [7, 11) is 0. The Hall–Kier alpha value is -2.94. The molecule has 1 saturated heterocycles. The van der Waals surface area contributed by atoms with E-state index in [1.807, 2.05) is 28.6 Å². The molecule has 1 aromatic carbocycles. The molecular formula is C18H21N7OS. The average Bonchev–Trinajstić information content (AvgIpc) is 3.42. The number of carbonyl (C=O) groups is 1. The van der Waals surface area contributed by atoms with Crippen molar-refractivity contribution in [2.24, 2.45) is 0 Å². The zero-order valence-corrected chi connectivity index (χ0v) is 15.7. The highest BCUT2D eigenvalue weighted by atomic mass is 32.1. The Morgan fingerprint density at radius 1 is 1.11 bits per heavy atom. The lowest BCUT2D eigenvalue weighted by molar-refractivity contribution is 0.194. The second-order valence-corrected chi connectivity index (χ2v) is 7.23. The molecule has 1 aliphatic rings. The van der Waals surface area contributed by atoms with Crippen LogP contribution in [0.3, 0.4) is 0 Å². The molecular weight excluding hydrogens is 362 g/mol. The summed E-state index contributed by atoms with van der Waals surface area (Å²) in [6.45, 7) is 4.27. The molecule has 0 atom stereocenters. The maximum Gasteiger partial charge on any atom is 0.317 e. The van der Waals surface area contributed by atoms with Crippen LogP contribution < -0.4 is 10.2 Å². The Morgan fingerprint density at radius 2 is 1.89 bits per heavy atom. The monoisotopic (exact) mass is 383 g/mol. The van der Waals surface area contributed by atoms with Crippen LogP contribution in [0.15, 0.2) is 48.5 Å². The molecule has 1 fully saturated rings. The van der Waals surface area contributed by atoms with Crippen LogP contribution in [0.25, 0.3) is 0 Å². The second-order valence-electron chi connectivity index (χ2n) is 6.36. The topological polar surface area (TPSA) is 79.2 Å². The van der Waals surface area contributed by atoms with Gasteiger partial charge in [0.15, 0.2) is 5.13 Å². The zero-order valence-electron chi connectivity index (χ0n) is 14.9. The van der Waals surface area contributed by atoms with E-state index in [0.717, 1.165) is 29.3 Å². The van der Waals surface area contributed by atoms with E-state index in [2.05, 4.69) is 37.4 Å². The van der Waals surface area contributed by atoms with Crippen LogP contribution in [0.5, 0.6) is 0 Å². The second kappa shape index (κ2) is 8.17. The van der Waals surface area contributed by atoms with Crippen molar-refractivity contribution < 1.29 is 4.79 Å². The van der Waals surface area contributed by atoms with Crippen LogP contribution in [0, 0.1) is 0 Å². The van der Waals surface area contributed by atoms with Gasteiger partial charge in [0.1, 0.15) is 12.7 Å². The van der Waals surface area contributed by atoms with E-state index in [-0.39, 0.29) is 6.03 Å². The molecule has 8 nitrogen and oxygen atoms in total.